The smallest absolute Gasteiger partial charge is 0.391 e. The third kappa shape index (κ3) is 6.26. The number of hydrogen-bond acceptors (Lipinski definition) is 4. The quantitative estimate of drug-likeness (QED) is 0.350. The van der Waals surface area contributed by atoms with Gasteiger partial charge in [0.05, 0.1) is 29.2 Å². The largest absolute Gasteiger partial charge is 0.394 e. The van der Waals surface area contributed by atoms with E-state index >= 15 is 0 Å². The summed E-state index contributed by atoms with van der Waals surface area (Å²) in [6.45, 7) is 8.86. The van der Waals surface area contributed by atoms with Crippen molar-refractivity contribution in [1.82, 2.24) is 14.1 Å². The molecule has 0 aliphatic rings. The van der Waals surface area contributed by atoms with Gasteiger partial charge >= 0.3 is 6.18 Å². The van der Waals surface area contributed by atoms with E-state index in [0.29, 0.717) is 29.0 Å². The third-order valence-corrected chi connectivity index (χ3v) is 7.31. The fraction of sp³-hybridized carbons (Fsp3) is 0.478. The summed E-state index contributed by atoms with van der Waals surface area (Å²) >= 11 is 0. The first kappa shape index (κ1) is 25.0. The molecule has 10 heteroatoms. The van der Waals surface area contributed by atoms with Crippen LogP contribution in [0.2, 0.25) is 25.7 Å². The minimum Gasteiger partial charge on any atom is -0.394 e. The van der Waals surface area contributed by atoms with Gasteiger partial charge in [0.15, 0.2) is 0 Å². The number of nitrogen functional groups attached to an aromatic ring is 1. The second kappa shape index (κ2) is 9.72. The van der Waals surface area contributed by atoms with Gasteiger partial charge in [-0.15, -0.1) is 0 Å². The predicted molar refractivity (Wildman–Crippen MR) is 127 cm³/mol. The number of nitrogens with zero attached hydrogens (tertiary/aromatic N) is 3. The van der Waals surface area contributed by atoms with E-state index < -0.39 is 20.2 Å². The van der Waals surface area contributed by atoms with Gasteiger partial charge in [-0.25, -0.2) is 4.98 Å². The molecule has 33 heavy (non-hydrogen) atoms. The lowest BCUT2D eigenvalue weighted by Crippen LogP contribution is -2.24. The number of para-hydroxylation sites is 1. The van der Waals surface area contributed by atoms with Crippen molar-refractivity contribution in [3.8, 4) is 0 Å². The number of imidazole rings is 1. The highest BCUT2D eigenvalue weighted by atomic mass is 28.3. The average Bonchev–Trinajstić information content (AvgIpc) is 3.05. The average molecular weight is 481 g/mol. The predicted octanol–water partition coefficient (Wildman–Crippen LogP) is 4.88. The van der Waals surface area contributed by atoms with Crippen LogP contribution in [0.4, 0.5) is 18.9 Å². The van der Waals surface area contributed by atoms with Crippen LogP contribution in [0.1, 0.15) is 18.3 Å². The first-order chi connectivity index (χ1) is 15.4. The lowest BCUT2D eigenvalue weighted by molar-refractivity contribution is -0.169. The number of pyridine rings is 1. The molecule has 3 aromatic rings. The lowest BCUT2D eigenvalue weighted by Gasteiger charge is -2.17. The summed E-state index contributed by atoms with van der Waals surface area (Å²) in [5.74, 6) is -0.973. The van der Waals surface area contributed by atoms with Gasteiger partial charge in [-0.2, -0.15) is 13.2 Å². The topological polar surface area (TPSA) is 75.1 Å². The summed E-state index contributed by atoms with van der Waals surface area (Å²) in [7, 11) is -1.28. The van der Waals surface area contributed by atoms with E-state index in [1.54, 1.807) is 24.4 Å². The van der Waals surface area contributed by atoms with E-state index in [0.717, 1.165) is 6.04 Å². The van der Waals surface area contributed by atoms with E-state index in [2.05, 4.69) is 24.6 Å². The Labute approximate surface area is 192 Å². The summed E-state index contributed by atoms with van der Waals surface area (Å²) in [5.41, 5.74) is 7.22. The molecule has 180 valence electrons. The summed E-state index contributed by atoms with van der Waals surface area (Å²) in [5, 5.41) is 0. The van der Waals surface area contributed by atoms with Gasteiger partial charge in [0.2, 0.25) is 0 Å². The zero-order valence-electron chi connectivity index (χ0n) is 19.4. The van der Waals surface area contributed by atoms with E-state index in [1.165, 1.54) is 17.6 Å². The molecular formula is C23H31F3N4O2Si. The summed E-state index contributed by atoms with van der Waals surface area (Å²) in [6, 6.07) is 9.40. The number of alkyl halides is 3. The molecule has 0 radical (unpaired) electrons. The Morgan fingerprint density at radius 1 is 1.18 bits per heavy atom. The molecular weight excluding hydrogens is 449 g/mol. The van der Waals surface area contributed by atoms with Crippen LogP contribution in [0.5, 0.6) is 0 Å². The van der Waals surface area contributed by atoms with Crippen molar-refractivity contribution >= 4 is 24.8 Å². The number of anilines is 1. The normalized spacial score (nSPS) is 13.5. The Morgan fingerprint density at radius 2 is 1.91 bits per heavy atom. The van der Waals surface area contributed by atoms with Gasteiger partial charge in [0.1, 0.15) is 12.6 Å². The monoisotopic (exact) mass is 480 g/mol. The second-order valence-electron chi connectivity index (χ2n) is 9.63. The molecule has 0 saturated heterocycles. The van der Waals surface area contributed by atoms with Crippen LogP contribution in [0.3, 0.4) is 0 Å². The second-order valence-corrected chi connectivity index (χ2v) is 15.3. The molecule has 6 nitrogen and oxygen atoms in total. The Hall–Kier alpha value is -2.59. The van der Waals surface area contributed by atoms with Crippen LogP contribution in [0, 0.1) is 5.92 Å². The number of halogens is 3. The molecule has 0 aliphatic carbocycles. The first-order valence-corrected chi connectivity index (χ1v) is 14.6. The number of benzene rings is 1. The van der Waals surface area contributed by atoms with Gasteiger partial charge in [-0.05, 0) is 36.2 Å². The number of fused-ring (bicyclic) bond motifs is 1. The number of aromatic nitrogens is 3. The van der Waals surface area contributed by atoms with Gasteiger partial charge in [0.25, 0.3) is 5.56 Å². The minimum atomic E-state index is -4.29. The van der Waals surface area contributed by atoms with Crippen molar-refractivity contribution < 1.29 is 17.9 Å². The molecule has 2 N–H and O–H groups in total. The Morgan fingerprint density at radius 3 is 2.58 bits per heavy atom. The van der Waals surface area contributed by atoms with Crippen molar-refractivity contribution in [2.45, 2.75) is 58.5 Å². The Kier molecular flexibility index (Phi) is 7.38. The van der Waals surface area contributed by atoms with E-state index in [1.807, 2.05) is 10.6 Å². The Bertz CT molecular complexity index is 1170. The molecule has 2 aromatic heterocycles. The molecule has 1 atom stereocenters. The van der Waals surface area contributed by atoms with Crippen LogP contribution < -0.4 is 11.3 Å². The molecule has 0 amide bonds. The van der Waals surface area contributed by atoms with Crippen LogP contribution in [-0.4, -0.2) is 35.0 Å². The van der Waals surface area contributed by atoms with Crippen molar-refractivity contribution in [3.05, 3.63) is 58.3 Å². The molecule has 3 rings (SSSR count). The minimum absolute atomic E-state index is 0.117. The maximum atomic E-state index is 13.2. The standard InChI is InChI=1S/C23H31F3N4O2Si/c1-16(23(24,25)26)13-17-7-5-9-19-21(17)28-20(14-29-10-6-8-18(27)22(29)31)30(19)15-32-11-12-33(2,3)4/h5-10,16H,11-15,27H2,1-4H3. The Balaban J connectivity index is 2.00. The fourth-order valence-corrected chi connectivity index (χ4v) is 4.25. The summed E-state index contributed by atoms with van der Waals surface area (Å²) in [6.07, 6.45) is -2.85. The van der Waals surface area contributed by atoms with E-state index in [4.69, 9.17) is 10.5 Å². The van der Waals surface area contributed by atoms with Crippen LogP contribution in [-0.2, 0) is 24.4 Å². The number of ether oxygens (including phenoxy) is 1. The van der Waals surface area contributed by atoms with Crippen molar-refractivity contribution in [3.63, 3.8) is 0 Å². The molecule has 0 saturated carbocycles. The zero-order valence-corrected chi connectivity index (χ0v) is 20.4. The zero-order chi connectivity index (χ0) is 24.4. The highest BCUT2D eigenvalue weighted by Crippen LogP contribution is 2.31. The molecule has 2 heterocycles. The molecule has 1 aromatic carbocycles. The van der Waals surface area contributed by atoms with Crippen molar-refractivity contribution in [2.24, 2.45) is 5.92 Å². The molecule has 0 bridgehead atoms. The van der Waals surface area contributed by atoms with Crippen LogP contribution in [0.15, 0.2) is 41.3 Å². The first-order valence-electron chi connectivity index (χ1n) is 10.9. The van der Waals surface area contributed by atoms with Crippen LogP contribution >= 0.6 is 0 Å². The number of hydrogen-bond donors (Lipinski definition) is 1. The van der Waals surface area contributed by atoms with Crippen molar-refractivity contribution in [1.29, 1.82) is 0 Å². The lowest BCUT2D eigenvalue weighted by atomic mass is 9.99. The van der Waals surface area contributed by atoms with Gasteiger partial charge < -0.3 is 19.6 Å². The van der Waals surface area contributed by atoms with Crippen molar-refractivity contribution in [2.75, 3.05) is 12.3 Å². The highest BCUT2D eigenvalue weighted by molar-refractivity contribution is 6.76. The van der Waals surface area contributed by atoms with Gasteiger partial charge in [-0.3, -0.25) is 4.79 Å². The van der Waals surface area contributed by atoms with Gasteiger partial charge in [-0.1, -0.05) is 38.7 Å². The maximum Gasteiger partial charge on any atom is 0.391 e. The third-order valence-electron chi connectivity index (χ3n) is 5.60. The molecule has 1 unspecified atom stereocenters. The molecule has 0 fully saturated rings. The van der Waals surface area contributed by atoms with E-state index in [-0.39, 0.29) is 30.9 Å². The fourth-order valence-electron chi connectivity index (χ4n) is 3.49. The SMILES string of the molecule is CC(Cc1cccc2c1nc(Cn1cccc(N)c1=O)n2COCC[Si](C)(C)C)C(F)(F)F. The molecule has 0 spiro atoms. The van der Waals surface area contributed by atoms with E-state index in [9.17, 15) is 18.0 Å². The number of rotatable bonds is 9. The summed E-state index contributed by atoms with van der Waals surface area (Å²) in [4.78, 5) is 17.1. The van der Waals surface area contributed by atoms with Gasteiger partial charge in [0, 0.05) is 20.9 Å². The number of nitrogens with two attached hydrogens (primary N) is 1. The highest BCUT2D eigenvalue weighted by Gasteiger charge is 2.36. The maximum absolute atomic E-state index is 13.2. The molecule has 0 aliphatic heterocycles. The van der Waals surface area contributed by atoms with Crippen LogP contribution in [0.25, 0.3) is 11.0 Å². The summed E-state index contributed by atoms with van der Waals surface area (Å²) < 4.78 is 48.8.